The van der Waals surface area contributed by atoms with Crippen molar-refractivity contribution in [2.45, 2.75) is 38.8 Å². The van der Waals surface area contributed by atoms with Crippen molar-refractivity contribution in [2.75, 3.05) is 11.5 Å². The minimum absolute atomic E-state index is 0.424. The molecule has 1 aliphatic heterocycles. The molecule has 2 heterocycles. The van der Waals surface area contributed by atoms with Crippen LogP contribution in [-0.4, -0.2) is 22.7 Å². The van der Waals surface area contributed by atoms with Crippen molar-refractivity contribution in [1.29, 1.82) is 0 Å². The van der Waals surface area contributed by atoms with Gasteiger partial charge in [-0.05, 0) is 12.2 Å². The summed E-state index contributed by atoms with van der Waals surface area (Å²) in [7, 11) is 0. The maximum atomic E-state index is 5.25. The van der Waals surface area contributed by atoms with Crippen LogP contribution in [0.1, 0.15) is 37.6 Å². The van der Waals surface area contributed by atoms with Crippen molar-refractivity contribution in [3.63, 3.8) is 0 Å². The first-order valence-electron chi connectivity index (χ1n) is 5.52. The summed E-state index contributed by atoms with van der Waals surface area (Å²) in [6, 6.07) is 2.72. The largest absolute Gasteiger partial charge is 0.361 e. The maximum Gasteiger partial charge on any atom is 0.139 e. The molecule has 4 heteroatoms. The Hall–Kier alpha value is -0.480. The van der Waals surface area contributed by atoms with E-state index in [1.54, 1.807) is 0 Å². The molecule has 0 aromatic carbocycles. The molecule has 1 aromatic heterocycles. The lowest BCUT2D eigenvalue weighted by Gasteiger charge is -2.08. The SMILES string of the molecule is CC(C)c1cc(CN[C@H]2CCSC2)no1. The lowest BCUT2D eigenvalue weighted by molar-refractivity contribution is 0.363. The second-order valence-electron chi connectivity index (χ2n) is 4.32. The molecule has 0 amide bonds. The molecule has 1 N–H and O–H groups in total. The van der Waals surface area contributed by atoms with Crippen molar-refractivity contribution in [3.05, 3.63) is 17.5 Å². The lowest BCUT2D eigenvalue weighted by Crippen LogP contribution is -2.28. The monoisotopic (exact) mass is 226 g/mol. The first kappa shape index (κ1) is 11.0. The predicted octanol–water partition coefficient (Wildman–Crippen LogP) is 2.39. The highest BCUT2D eigenvalue weighted by Gasteiger charge is 2.15. The summed E-state index contributed by atoms with van der Waals surface area (Å²) in [5, 5.41) is 7.56. The molecule has 0 aliphatic carbocycles. The third-order valence-corrected chi connectivity index (χ3v) is 3.81. The maximum absolute atomic E-state index is 5.25. The average molecular weight is 226 g/mol. The van der Waals surface area contributed by atoms with Crippen LogP contribution in [0.2, 0.25) is 0 Å². The molecule has 0 saturated carbocycles. The Morgan fingerprint density at radius 2 is 2.53 bits per heavy atom. The Morgan fingerprint density at radius 3 is 3.13 bits per heavy atom. The first-order chi connectivity index (χ1) is 7.25. The second kappa shape index (κ2) is 5.03. The van der Waals surface area contributed by atoms with Crippen LogP contribution < -0.4 is 5.32 Å². The van der Waals surface area contributed by atoms with Crippen LogP contribution in [-0.2, 0) is 6.54 Å². The topological polar surface area (TPSA) is 38.1 Å². The molecule has 1 atom stereocenters. The summed E-state index contributed by atoms with van der Waals surface area (Å²) >= 11 is 2.02. The number of hydrogen-bond donors (Lipinski definition) is 1. The van der Waals surface area contributed by atoms with Gasteiger partial charge in [0, 0.05) is 30.3 Å². The van der Waals surface area contributed by atoms with Gasteiger partial charge in [-0.25, -0.2) is 0 Å². The molecule has 1 fully saturated rings. The van der Waals surface area contributed by atoms with Crippen LogP contribution in [0.3, 0.4) is 0 Å². The number of hydrogen-bond acceptors (Lipinski definition) is 4. The molecular weight excluding hydrogens is 208 g/mol. The van der Waals surface area contributed by atoms with Crippen molar-refractivity contribution in [1.82, 2.24) is 10.5 Å². The summed E-state index contributed by atoms with van der Waals surface area (Å²) in [6.45, 7) is 5.07. The van der Waals surface area contributed by atoms with Crippen LogP contribution in [0.25, 0.3) is 0 Å². The van der Waals surface area contributed by atoms with E-state index < -0.39 is 0 Å². The summed E-state index contributed by atoms with van der Waals surface area (Å²) < 4.78 is 5.25. The normalized spacial score (nSPS) is 21.4. The van der Waals surface area contributed by atoms with Crippen molar-refractivity contribution < 1.29 is 4.52 Å². The number of thioether (sulfide) groups is 1. The van der Waals surface area contributed by atoms with Crippen molar-refractivity contribution in [2.24, 2.45) is 0 Å². The predicted molar refractivity (Wildman–Crippen MR) is 63.2 cm³/mol. The standard InChI is InChI=1S/C11H18N2OS/c1-8(2)11-5-10(13-14-11)6-12-9-3-4-15-7-9/h5,8-9,12H,3-4,6-7H2,1-2H3/t9-/m0/s1. The van der Waals surface area contributed by atoms with E-state index >= 15 is 0 Å². The molecule has 1 aromatic rings. The van der Waals surface area contributed by atoms with Crippen LogP contribution in [0.15, 0.2) is 10.6 Å². The Bertz CT molecular complexity index is 305. The molecule has 0 radical (unpaired) electrons. The fourth-order valence-corrected chi connectivity index (χ4v) is 2.81. The first-order valence-corrected chi connectivity index (χ1v) is 6.68. The Morgan fingerprint density at radius 1 is 1.67 bits per heavy atom. The zero-order chi connectivity index (χ0) is 10.7. The quantitative estimate of drug-likeness (QED) is 0.855. The molecule has 15 heavy (non-hydrogen) atoms. The molecule has 0 unspecified atom stereocenters. The highest BCUT2D eigenvalue weighted by Crippen LogP contribution is 2.18. The average Bonchev–Trinajstić information content (AvgIpc) is 2.86. The van der Waals surface area contributed by atoms with Gasteiger partial charge >= 0.3 is 0 Å². The molecule has 3 nitrogen and oxygen atoms in total. The minimum atomic E-state index is 0.424. The smallest absolute Gasteiger partial charge is 0.139 e. The fraction of sp³-hybridized carbons (Fsp3) is 0.727. The van der Waals surface area contributed by atoms with Crippen molar-refractivity contribution >= 4 is 11.8 Å². The molecule has 0 bridgehead atoms. The Kier molecular flexibility index (Phi) is 3.70. The third kappa shape index (κ3) is 2.98. The van der Waals surface area contributed by atoms with Gasteiger partial charge < -0.3 is 9.84 Å². The molecule has 84 valence electrons. The van der Waals surface area contributed by atoms with Gasteiger partial charge in [0.2, 0.25) is 0 Å². The van der Waals surface area contributed by atoms with E-state index in [-0.39, 0.29) is 0 Å². The van der Waals surface area contributed by atoms with Crippen molar-refractivity contribution in [3.8, 4) is 0 Å². The minimum Gasteiger partial charge on any atom is -0.361 e. The molecule has 1 aliphatic rings. The number of nitrogens with zero attached hydrogens (tertiary/aromatic N) is 1. The van der Waals surface area contributed by atoms with Gasteiger partial charge in [-0.2, -0.15) is 11.8 Å². The van der Waals surface area contributed by atoms with Crippen LogP contribution >= 0.6 is 11.8 Å². The summed E-state index contributed by atoms with van der Waals surface area (Å²) in [5.74, 6) is 3.92. The van der Waals surface area contributed by atoms with Crippen LogP contribution in [0.4, 0.5) is 0 Å². The highest BCUT2D eigenvalue weighted by atomic mass is 32.2. The van der Waals surface area contributed by atoms with Crippen LogP contribution in [0, 0.1) is 0 Å². The summed E-state index contributed by atoms with van der Waals surface area (Å²) in [6.07, 6.45) is 1.28. The number of aromatic nitrogens is 1. The molecular formula is C11H18N2OS. The summed E-state index contributed by atoms with van der Waals surface area (Å²) in [4.78, 5) is 0. The van der Waals surface area contributed by atoms with Gasteiger partial charge in [-0.15, -0.1) is 0 Å². The lowest BCUT2D eigenvalue weighted by atomic mass is 10.1. The Balaban J connectivity index is 1.82. The van der Waals surface area contributed by atoms with E-state index in [2.05, 4.69) is 30.4 Å². The second-order valence-corrected chi connectivity index (χ2v) is 5.47. The van der Waals surface area contributed by atoms with E-state index in [1.807, 2.05) is 11.8 Å². The Labute approximate surface area is 95.0 Å². The van der Waals surface area contributed by atoms with Gasteiger partial charge in [0.05, 0.1) is 5.69 Å². The van der Waals surface area contributed by atoms with E-state index in [9.17, 15) is 0 Å². The molecule has 1 saturated heterocycles. The highest BCUT2D eigenvalue weighted by molar-refractivity contribution is 7.99. The van der Waals surface area contributed by atoms with Gasteiger partial charge in [0.1, 0.15) is 5.76 Å². The number of rotatable bonds is 4. The van der Waals surface area contributed by atoms with Gasteiger partial charge in [-0.1, -0.05) is 19.0 Å². The van der Waals surface area contributed by atoms with Gasteiger partial charge in [0.15, 0.2) is 0 Å². The molecule has 0 spiro atoms. The van der Waals surface area contributed by atoms with Gasteiger partial charge in [-0.3, -0.25) is 0 Å². The van der Waals surface area contributed by atoms with Crippen LogP contribution in [0.5, 0.6) is 0 Å². The van der Waals surface area contributed by atoms with E-state index in [4.69, 9.17) is 4.52 Å². The molecule has 2 rings (SSSR count). The van der Waals surface area contributed by atoms with E-state index in [0.29, 0.717) is 12.0 Å². The third-order valence-electron chi connectivity index (χ3n) is 2.65. The van der Waals surface area contributed by atoms with Gasteiger partial charge in [0.25, 0.3) is 0 Å². The summed E-state index contributed by atoms with van der Waals surface area (Å²) in [5.41, 5.74) is 1.02. The van der Waals surface area contributed by atoms with E-state index in [0.717, 1.165) is 18.0 Å². The number of nitrogens with one attached hydrogen (secondary N) is 1. The zero-order valence-electron chi connectivity index (χ0n) is 9.32. The fourth-order valence-electron chi connectivity index (χ4n) is 1.63. The van der Waals surface area contributed by atoms with E-state index in [1.165, 1.54) is 17.9 Å². The zero-order valence-corrected chi connectivity index (χ0v) is 10.1.